The van der Waals surface area contributed by atoms with Crippen LogP contribution in [0.15, 0.2) is 83.5 Å². The first-order valence-corrected chi connectivity index (χ1v) is 10.4. The molecule has 0 saturated heterocycles. The third kappa shape index (κ3) is 4.61. The van der Waals surface area contributed by atoms with Gasteiger partial charge in [0.05, 0.1) is 21.3 Å². The van der Waals surface area contributed by atoms with Crippen molar-refractivity contribution in [2.45, 2.75) is 0 Å². The summed E-state index contributed by atoms with van der Waals surface area (Å²) in [5.74, 6) is 1.13. The Labute approximate surface area is 197 Å². The molecule has 0 aliphatic carbocycles. The van der Waals surface area contributed by atoms with Crippen molar-refractivity contribution in [2.75, 3.05) is 21.3 Å². The molecular weight excluding hydrogens is 434 g/mol. The highest BCUT2D eigenvalue weighted by atomic mass is 16.5. The first kappa shape index (κ1) is 22.6. The average Bonchev–Trinajstić information content (AvgIpc) is 3.19. The molecule has 0 fully saturated rings. The van der Waals surface area contributed by atoms with E-state index < -0.39 is 11.8 Å². The van der Waals surface area contributed by atoms with Gasteiger partial charge in [-0.2, -0.15) is 5.01 Å². The summed E-state index contributed by atoms with van der Waals surface area (Å²) in [6, 6.07) is 21.0. The van der Waals surface area contributed by atoms with E-state index in [2.05, 4.69) is 10.4 Å². The van der Waals surface area contributed by atoms with Crippen LogP contribution < -0.4 is 19.6 Å². The van der Waals surface area contributed by atoms with E-state index in [0.29, 0.717) is 39.8 Å². The second-order valence-electron chi connectivity index (χ2n) is 7.26. The number of amidine groups is 1. The lowest BCUT2D eigenvalue weighted by Gasteiger charge is -2.19. The minimum Gasteiger partial charge on any atom is -0.497 e. The molecule has 1 heterocycles. The number of carbonyl (C=O) groups excluding carboxylic acids is 2. The highest BCUT2D eigenvalue weighted by Crippen LogP contribution is 2.29. The van der Waals surface area contributed by atoms with Gasteiger partial charge in [0.1, 0.15) is 11.4 Å². The fraction of sp³-hybridized carbons (Fsp3) is 0.115. The predicted molar refractivity (Wildman–Crippen MR) is 128 cm³/mol. The van der Waals surface area contributed by atoms with Crippen LogP contribution in [0.25, 0.3) is 6.08 Å². The van der Waals surface area contributed by atoms with Crippen LogP contribution in [0.4, 0.5) is 0 Å². The van der Waals surface area contributed by atoms with E-state index in [1.54, 1.807) is 62.8 Å². The first-order valence-electron chi connectivity index (χ1n) is 10.4. The Balaban J connectivity index is 1.67. The quantitative estimate of drug-likeness (QED) is 0.547. The smallest absolute Gasteiger partial charge is 0.297 e. The fourth-order valence-electron chi connectivity index (χ4n) is 3.41. The molecule has 34 heavy (non-hydrogen) atoms. The number of ether oxygens (including phenoxy) is 3. The summed E-state index contributed by atoms with van der Waals surface area (Å²) in [6.07, 6.45) is 1.63. The molecule has 172 valence electrons. The SMILES string of the molecule is COc1ccc(C(=O)NN2C(=O)/C(=C/c3ccc(OC)c(OC)c3)N=C2c2ccccc2)cc1. The van der Waals surface area contributed by atoms with E-state index in [1.807, 2.05) is 30.3 Å². The van der Waals surface area contributed by atoms with Gasteiger partial charge in [-0.25, -0.2) is 4.99 Å². The summed E-state index contributed by atoms with van der Waals surface area (Å²) in [6.45, 7) is 0. The highest BCUT2D eigenvalue weighted by molar-refractivity contribution is 6.20. The Morgan fingerprint density at radius 2 is 1.59 bits per heavy atom. The van der Waals surface area contributed by atoms with Gasteiger partial charge in [-0.1, -0.05) is 36.4 Å². The Kier molecular flexibility index (Phi) is 6.59. The van der Waals surface area contributed by atoms with Crippen LogP contribution in [-0.2, 0) is 4.79 Å². The van der Waals surface area contributed by atoms with E-state index in [-0.39, 0.29) is 5.70 Å². The van der Waals surface area contributed by atoms with Gasteiger partial charge in [-0.3, -0.25) is 15.0 Å². The first-order chi connectivity index (χ1) is 16.5. The van der Waals surface area contributed by atoms with Crippen LogP contribution in [-0.4, -0.2) is 44.0 Å². The summed E-state index contributed by atoms with van der Waals surface area (Å²) in [7, 11) is 4.64. The molecule has 4 rings (SSSR count). The van der Waals surface area contributed by atoms with Gasteiger partial charge in [-0.05, 0) is 48.0 Å². The molecule has 8 heteroatoms. The Morgan fingerprint density at radius 1 is 0.882 bits per heavy atom. The molecule has 0 radical (unpaired) electrons. The number of hydrogen-bond acceptors (Lipinski definition) is 6. The van der Waals surface area contributed by atoms with Gasteiger partial charge < -0.3 is 14.2 Å². The van der Waals surface area contributed by atoms with Gasteiger partial charge >= 0.3 is 0 Å². The lowest BCUT2D eigenvalue weighted by atomic mass is 10.1. The minimum atomic E-state index is -0.463. The van der Waals surface area contributed by atoms with Crippen molar-refractivity contribution in [3.63, 3.8) is 0 Å². The van der Waals surface area contributed by atoms with Crippen LogP contribution in [0.3, 0.4) is 0 Å². The van der Waals surface area contributed by atoms with E-state index in [1.165, 1.54) is 7.11 Å². The third-order valence-electron chi connectivity index (χ3n) is 5.17. The largest absolute Gasteiger partial charge is 0.497 e. The number of aliphatic imine (C=N–C) groups is 1. The monoisotopic (exact) mass is 457 g/mol. The maximum atomic E-state index is 13.3. The van der Waals surface area contributed by atoms with Gasteiger partial charge in [0, 0.05) is 11.1 Å². The Hall–Kier alpha value is -4.59. The molecular formula is C26H23N3O5. The van der Waals surface area contributed by atoms with Crippen molar-refractivity contribution in [2.24, 2.45) is 4.99 Å². The zero-order valence-corrected chi connectivity index (χ0v) is 18.9. The summed E-state index contributed by atoms with van der Waals surface area (Å²) in [4.78, 5) is 30.7. The number of amides is 2. The average molecular weight is 457 g/mol. The number of hydrogen-bond donors (Lipinski definition) is 1. The molecule has 0 atom stereocenters. The van der Waals surface area contributed by atoms with E-state index in [4.69, 9.17) is 14.2 Å². The molecule has 0 unspecified atom stereocenters. The van der Waals surface area contributed by atoms with Crippen LogP contribution in [0.2, 0.25) is 0 Å². The van der Waals surface area contributed by atoms with Crippen LogP contribution in [0.5, 0.6) is 17.2 Å². The van der Waals surface area contributed by atoms with Gasteiger partial charge in [-0.15, -0.1) is 0 Å². The molecule has 8 nitrogen and oxygen atoms in total. The minimum absolute atomic E-state index is 0.168. The zero-order chi connectivity index (χ0) is 24.1. The Morgan fingerprint density at radius 3 is 2.24 bits per heavy atom. The van der Waals surface area contributed by atoms with Crippen molar-refractivity contribution >= 4 is 23.7 Å². The number of benzene rings is 3. The lowest BCUT2D eigenvalue weighted by Crippen LogP contribution is -2.47. The number of nitrogens with zero attached hydrogens (tertiary/aromatic N) is 2. The molecule has 3 aromatic carbocycles. The Bertz CT molecular complexity index is 1270. The molecule has 3 aromatic rings. The van der Waals surface area contributed by atoms with Crippen LogP contribution in [0, 0.1) is 0 Å². The van der Waals surface area contributed by atoms with Gasteiger partial charge in [0.2, 0.25) is 0 Å². The molecule has 1 aliphatic heterocycles. The second-order valence-corrected chi connectivity index (χ2v) is 7.26. The van der Waals surface area contributed by atoms with Crippen molar-refractivity contribution in [3.05, 3.63) is 95.2 Å². The number of methoxy groups -OCH3 is 3. The number of rotatable bonds is 7. The fourth-order valence-corrected chi connectivity index (χ4v) is 3.41. The maximum Gasteiger partial charge on any atom is 0.297 e. The summed E-state index contributed by atoms with van der Waals surface area (Å²) in [5, 5.41) is 1.16. The van der Waals surface area contributed by atoms with Crippen LogP contribution in [0.1, 0.15) is 21.5 Å². The third-order valence-corrected chi connectivity index (χ3v) is 5.17. The topological polar surface area (TPSA) is 89.5 Å². The molecule has 2 amide bonds. The van der Waals surface area contributed by atoms with Crippen LogP contribution >= 0.6 is 0 Å². The second kappa shape index (κ2) is 9.91. The van der Waals surface area contributed by atoms with Gasteiger partial charge in [0.15, 0.2) is 17.3 Å². The predicted octanol–water partition coefficient (Wildman–Crippen LogP) is 3.69. The molecule has 0 aromatic heterocycles. The molecule has 0 bridgehead atoms. The summed E-state index contributed by atoms with van der Waals surface area (Å²) < 4.78 is 15.8. The van der Waals surface area contributed by atoms with Crippen molar-refractivity contribution in [3.8, 4) is 17.2 Å². The van der Waals surface area contributed by atoms with Crippen molar-refractivity contribution in [1.29, 1.82) is 0 Å². The number of hydrazine groups is 1. The highest BCUT2D eigenvalue weighted by Gasteiger charge is 2.33. The zero-order valence-electron chi connectivity index (χ0n) is 18.9. The summed E-state index contributed by atoms with van der Waals surface area (Å²) >= 11 is 0. The van der Waals surface area contributed by atoms with Gasteiger partial charge in [0.25, 0.3) is 11.8 Å². The number of carbonyl (C=O) groups is 2. The molecule has 1 aliphatic rings. The van der Waals surface area contributed by atoms with E-state index >= 15 is 0 Å². The molecule has 0 saturated carbocycles. The maximum absolute atomic E-state index is 13.3. The van der Waals surface area contributed by atoms with E-state index in [0.717, 1.165) is 5.01 Å². The normalized spacial score (nSPS) is 14.1. The van der Waals surface area contributed by atoms with E-state index in [9.17, 15) is 9.59 Å². The number of nitrogens with one attached hydrogen (secondary N) is 1. The standard InChI is InChI=1S/C26H23N3O5/c1-32-20-12-10-19(11-13-20)25(30)28-29-24(18-7-5-4-6-8-18)27-21(26(29)31)15-17-9-14-22(33-2)23(16-17)34-3/h4-16H,1-3H3,(H,28,30)/b21-15-. The van der Waals surface area contributed by atoms with Crippen molar-refractivity contribution in [1.82, 2.24) is 10.4 Å². The summed E-state index contributed by atoms with van der Waals surface area (Å²) in [5.41, 5.74) is 4.59. The van der Waals surface area contributed by atoms with Crippen molar-refractivity contribution < 1.29 is 23.8 Å². The lowest BCUT2D eigenvalue weighted by molar-refractivity contribution is -0.124. The molecule has 0 spiro atoms. The molecule has 1 N–H and O–H groups in total.